The van der Waals surface area contributed by atoms with E-state index in [1.807, 2.05) is 0 Å². The quantitative estimate of drug-likeness (QED) is 0.447. The summed E-state index contributed by atoms with van der Waals surface area (Å²) >= 11 is 0. The number of esters is 3. The van der Waals surface area contributed by atoms with Crippen LogP contribution in [0.2, 0.25) is 0 Å². The minimum atomic E-state index is -5.25. The third-order valence-corrected chi connectivity index (χ3v) is 3.59. The molecule has 0 aromatic carbocycles. The predicted molar refractivity (Wildman–Crippen MR) is 86.0 cm³/mol. The fourth-order valence-electron chi connectivity index (χ4n) is 2.60. The van der Waals surface area contributed by atoms with E-state index in [0.29, 0.717) is 0 Å². The third kappa shape index (κ3) is 7.49. The molecule has 0 saturated carbocycles. The molecule has 29 heavy (non-hydrogen) atoms. The lowest BCUT2D eigenvalue weighted by Gasteiger charge is -2.44. The van der Waals surface area contributed by atoms with Gasteiger partial charge in [0, 0.05) is 27.4 Å². The molecule has 1 aliphatic rings. The normalized spacial score (nSPS) is 26.9. The van der Waals surface area contributed by atoms with Crippen molar-refractivity contribution in [2.75, 3.05) is 13.2 Å². The van der Waals surface area contributed by atoms with Crippen molar-refractivity contribution in [1.82, 2.24) is 5.32 Å². The average Bonchev–Trinajstić information content (AvgIpc) is 2.56. The second-order valence-electron chi connectivity index (χ2n) is 5.95. The van der Waals surface area contributed by atoms with E-state index in [9.17, 15) is 32.3 Å². The number of ether oxygens (including phenoxy) is 5. The molecule has 0 spiro atoms. The van der Waals surface area contributed by atoms with E-state index < -0.39 is 67.2 Å². The highest BCUT2D eigenvalue weighted by Crippen LogP contribution is 2.29. The molecule has 13 heteroatoms. The zero-order valence-corrected chi connectivity index (χ0v) is 16.1. The number of halogens is 3. The van der Waals surface area contributed by atoms with Crippen molar-refractivity contribution in [3.63, 3.8) is 0 Å². The summed E-state index contributed by atoms with van der Waals surface area (Å²) in [7, 11) is 0. The van der Waals surface area contributed by atoms with Crippen LogP contribution in [0.25, 0.3) is 0 Å². The molecule has 0 aromatic rings. The summed E-state index contributed by atoms with van der Waals surface area (Å²) in [6, 6.07) is -1.68. The van der Waals surface area contributed by atoms with Gasteiger partial charge in [0.15, 0.2) is 18.5 Å². The molecular weight excluding hydrogens is 407 g/mol. The Morgan fingerprint density at radius 1 is 0.966 bits per heavy atom. The molecule has 0 unspecified atom stereocenters. The van der Waals surface area contributed by atoms with Crippen molar-refractivity contribution >= 4 is 23.8 Å². The number of carbonyl (C=O) groups is 4. The maximum Gasteiger partial charge on any atom is 0.471 e. The highest BCUT2D eigenvalue weighted by atomic mass is 19.4. The monoisotopic (exact) mass is 429 g/mol. The summed E-state index contributed by atoms with van der Waals surface area (Å²) < 4.78 is 63.9. The first kappa shape index (κ1) is 24.6. The maximum atomic E-state index is 12.8. The molecule has 0 radical (unpaired) electrons. The van der Waals surface area contributed by atoms with Gasteiger partial charge in [0.25, 0.3) is 0 Å². The number of hydrogen-bond donors (Lipinski definition) is 1. The van der Waals surface area contributed by atoms with E-state index in [2.05, 4.69) is 0 Å². The first-order valence-electron chi connectivity index (χ1n) is 8.49. The van der Waals surface area contributed by atoms with Gasteiger partial charge in [0.05, 0.1) is 0 Å². The lowest BCUT2D eigenvalue weighted by molar-refractivity contribution is -0.278. The molecule has 1 heterocycles. The van der Waals surface area contributed by atoms with Crippen LogP contribution in [0.5, 0.6) is 0 Å². The van der Waals surface area contributed by atoms with Crippen LogP contribution < -0.4 is 5.32 Å². The molecule has 1 fully saturated rings. The minimum Gasteiger partial charge on any atom is -0.463 e. The Labute approximate surface area is 163 Å². The van der Waals surface area contributed by atoms with E-state index in [4.69, 9.17) is 23.7 Å². The van der Waals surface area contributed by atoms with Crippen LogP contribution in [-0.2, 0) is 42.9 Å². The molecular formula is C16H22F3NO9. The topological polar surface area (TPSA) is 126 Å². The Hall–Kier alpha value is -2.41. The predicted octanol–water partition coefficient (Wildman–Crippen LogP) is 0.221. The smallest absolute Gasteiger partial charge is 0.463 e. The molecule has 5 atom stereocenters. The number of carbonyl (C=O) groups excluding carboxylic acids is 4. The summed E-state index contributed by atoms with van der Waals surface area (Å²) in [5.74, 6) is -4.85. The van der Waals surface area contributed by atoms with Crippen molar-refractivity contribution in [1.29, 1.82) is 0 Å². The summed E-state index contributed by atoms with van der Waals surface area (Å²) in [6.07, 6.45) is -11.1. The van der Waals surface area contributed by atoms with Crippen LogP contribution in [0, 0.1) is 0 Å². The van der Waals surface area contributed by atoms with Crippen LogP contribution in [0.1, 0.15) is 27.7 Å². The number of nitrogens with one attached hydrogen (secondary N) is 1. The van der Waals surface area contributed by atoms with Gasteiger partial charge in [-0.2, -0.15) is 13.2 Å². The molecule has 0 bridgehead atoms. The Morgan fingerprint density at radius 3 is 1.97 bits per heavy atom. The van der Waals surface area contributed by atoms with Crippen LogP contribution >= 0.6 is 0 Å². The van der Waals surface area contributed by atoms with Crippen molar-refractivity contribution in [2.24, 2.45) is 0 Å². The van der Waals surface area contributed by atoms with Crippen molar-refractivity contribution in [2.45, 2.75) is 64.5 Å². The molecule has 0 aromatic heterocycles. The fourth-order valence-corrected chi connectivity index (χ4v) is 2.60. The minimum absolute atomic E-state index is 0.0473. The van der Waals surface area contributed by atoms with Crippen LogP contribution in [-0.4, -0.2) is 73.8 Å². The molecule has 10 nitrogen and oxygen atoms in total. The molecule has 1 saturated heterocycles. The molecule has 1 N–H and O–H groups in total. The van der Waals surface area contributed by atoms with E-state index in [1.165, 1.54) is 6.92 Å². The summed E-state index contributed by atoms with van der Waals surface area (Å²) in [5.41, 5.74) is 0. The SMILES string of the molecule is CCO[C@@H]1O[C@H](COC(C)=O)[C@H](OC(C)=O)[C@H](OC(C)=O)[C@H]1NC(=O)C(F)(F)F. The Balaban J connectivity index is 3.31. The molecule has 1 rings (SSSR count). The first-order chi connectivity index (χ1) is 13.4. The highest BCUT2D eigenvalue weighted by Gasteiger charge is 2.53. The van der Waals surface area contributed by atoms with Crippen molar-refractivity contribution in [3.05, 3.63) is 0 Å². The van der Waals surface area contributed by atoms with Gasteiger partial charge in [-0.1, -0.05) is 0 Å². The number of rotatable bonds is 7. The zero-order chi connectivity index (χ0) is 22.4. The van der Waals surface area contributed by atoms with Crippen LogP contribution in [0.15, 0.2) is 0 Å². The van der Waals surface area contributed by atoms with Crippen molar-refractivity contribution < 1.29 is 56.0 Å². The lowest BCUT2D eigenvalue weighted by Crippen LogP contribution is -2.67. The molecule has 166 valence electrons. The Morgan fingerprint density at radius 2 is 1.52 bits per heavy atom. The van der Waals surface area contributed by atoms with Gasteiger partial charge in [0.1, 0.15) is 18.8 Å². The van der Waals surface area contributed by atoms with Gasteiger partial charge in [-0.15, -0.1) is 0 Å². The van der Waals surface area contributed by atoms with Gasteiger partial charge in [0.2, 0.25) is 0 Å². The van der Waals surface area contributed by atoms with E-state index in [-0.39, 0.29) is 6.61 Å². The third-order valence-electron chi connectivity index (χ3n) is 3.59. The highest BCUT2D eigenvalue weighted by molar-refractivity contribution is 5.82. The number of alkyl halides is 3. The Bertz CT molecular complexity index is 625. The van der Waals surface area contributed by atoms with E-state index in [1.54, 1.807) is 5.32 Å². The average molecular weight is 429 g/mol. The number of amides is 1. The largest absolute Gasteiger partial charge is 0.471 e. The van der Waals surface area contributed by atoms with Gasteiger partial charge in [-0.3, -0.25) is 19.2 Å². The standard InChI is InChI=1S/C16H22F3NO9/c1-5-25-14-11(20-15(24)16(17,18)19)13(28-9(4)23)12(27-8(3)22)10(29-14)6-26-7(2)21/h10-14H,5-6H2,1-4H3,(H,20,24)/t10-,11-,12+,13-,14-/m1/s1. The fraction of sp³-hybridized carbons (Fsp3) is 0.750. The Kier molecular flexibility index (Phi) is 8.82. The summed E-state index contributed by atoms with van der Waals surface area (Å²) in [4.78, 5) is 45.6. The van der Waals surface area contributed by atoms with Gasteiger partial charge in [-0.05, 0) is 6.92 Å². The summed E-state index contributed by atoms with van der Waals surface area (Å²) in [6.45, 7) is 4.06. The molecule has 0 aliphatic carbocycles. The van der Waals surface area contributed by atoms with E-state index >= 15 is 0 Å². The van der Waals surface area contributed by atoms with Crippen LogP contribution in [0.4, 0.5) is 13.2 Å². The molecule has 1 aliphatic heterocycles. The summed E-state index contributed by atoms with van der Waals surface area (Å²) in [5, 5.41) is 1.65. The maximum absolute atomic E-state index is 12.8. The van der Waals surface area contributed by atoms with Gasteiger partial charge < -0.3 is 29.0 Å². The molecule has 1 amide bonds. The second-order valence-corrected chi connectivity index (χ2v) is 5.95. The van der Waals surface area contributed by atoms with Gasteiger partial charge in [-0.25, -0.2) is 0 Å². The zero-order valence-electron chi connectivity index (χ0n) is 16.1. The second kappa shape index (κ2) is 10.4. The van der Waals surface area contributed by atoms with E-state index in [0.717, 1.165) is 20.8 Å². The lowest BCUT2D eigenvalue weighted by atomic mass is 9.96. The van der Waals surface area contributed by atoms with Gasteiger partial charge >= 0.3 is 30.0 Å². The number of hydrogen-bond acceptors (Lipinski definition) is 9. The van der Waals surface area contributed by atoms with Crippen LogP contribution in [0.3, 0.4) is 0 Å². The first-order valence-corrected chi connectivity index (χ1v) is 8.49. The van der Waals surface area contributed by atoms with Crippen molar-refractivity contribution in [3.8, 4) is 0 Å².